The molecule has 0 aromatic heterocycles. The number of aliphatic hydroxyl groups is 1. The first-order chi connectivity index (χ1) is 3.80. The lowest BCUT2D eigenvalue weighted by Gasteiger charge is -2.23. The van der Waals surface area contributed by atoms with E-state index in [1.807, 2.05) is 6.92 Å². The van der Waals surface area contributed by atoms with Gasteiger partial charge in [-0.05, 0) is 12.3 Å². The van der Waals surface area contributed by atoms with Crippen molar-refractivity contribution in [3.8, 4) is 0 Å². The van der Waals surface area contributed by atoms with Gasteiger partial charge < -0.3 is 9.84 Å². The normalized spacial score (nSPS) is 39.8. The summed E-state index contributed by atoms with van der Waals surface area (Å²) in [6, 6.07) is 0. The smallest absolute Gasteiger partial charge is 0.0799 e. The molecule has 1 heterocycles. The molecule has 2 heteroatoms. The van der Waals surface area contributed by atoms with E-state index in [-0.39, 0.29) is 6.10 Å². The molecule has 0 aromatic carbocycles. The Morgan fingerprint density at radius 3 is 2.75 bits per heavy atom. The van der Waals surface area contributed by atoms with Gasteiger partial charge in [0.25, 0.3) is 0 Å². The van der Waals surface area contributed by atoms with Crippen LogP contribution in [0.1, 0.15) is 13.3 Å². The van der Waals surface area contributed by atoms with Crippen LogP contribution in [-0.2, 0) is 4.74 Å². The average molecular weight is 116 g/mol. The number of hydrogen-bond donors (Lipinski definition) is 1. The molecule has 0 amide bonds. The van der Waals surface area contributed by atoms with Crippen molar-refractivity contribution in [1.82, 2.24) is 0 Å². The Hall–Kier alpha value is -0.0800. The van der Waals surface area contributed by atoms with Gasteiger partial charge in [0.05, 0.1) is 12.7 Å². The SMILES string of the molecule is C[C@@H]1CCOC[C@@H]1O. The predicted octanol–water partition coefficient (Wildman–Crippen LogP) is 0.404. The van der Waals surface area contributed by atoms with Crippen molar-refractivity contribution in [2.24, 2.45) is 5.92 Å². The molecule has 1 N–H and O–H groups in total. The van der Waals surface area contributed by atoms with Crippen LogP contribution in [0.15, 0.2) is 0 Å². The Morgan fingerprint density at radius 2 is 2.38 bits per heavy atom. The van der Waals surface area contributed by atoms with Crippen LogP contribution in [0, 0.1) is 5.92 Å². The van der Waals surface area contributed by atoms with Crippen molar-refractivity contribution in [3.63, 3.8) is 0 Å². The topological polar surface area (TPSA) is 29.5 Å². The molecule has 0 bridgehead atoms. The van der Waals surface area contributed by atoms with Crippen LogP contribution in [0.4, 0.5) is 0 Å². The average Bonchev–Trinajstić information content (AvgIpc) is 1.77. The third kappa shape index (κ3) is 1.20. The molecule has 1 rings (SSSR count). The Bertz CT molecular complexity index is 62.9. The number of ether oxygens (including phenoxy) is 1. The highest BCUT2D eigenvalue weighted by Gasteiger charge is 2.18. The minimum absolute atomic E-state index is 0.219. The van der Waals surface area contributed by atoms with Crippen LogP contribution in [0.25, 0.3) is 0 Å². The van der Waals surface area contributed by atoms with Crippen LogP contribution in [0.2, 0.25) is 0 Å². The molecular weight excluding hydrogens is 104 g/mol. The van der Waals surface area contributed by atoms with Gasteiger partial charge in [-0.3, -0.25) is 0 Å². The zero-order valence-electron chi connectivity index (χ0n) is 5.13. The summed E-state index contributed by atoms with van der Waals surface area (Å²) in [7, 11) is 0. The summed E-state index contributed by atoms with van der Waals surface area (Å²) in [4.78, 5) is 0. The molecule has 0 aliphatic carbocycles. The van der Waals surface area contributed by atoms with E-state index in [2.05, 4.69) is 0 Å². The van der Waals surface area contributed by atoms with Crippen molar-refractivity contribution in [3.05, 3.63) is 0 Å². The Labute approximate surface area is 49.5 Å². The van der Waals surface area contributed by atoms with Crippen molar-refractivity contribution in [2.75, 3.05) is 13.2 Å². The molecule has 1 saturated heterocycles. The molecule has 0 radical (unpaired) electrons. The van der Waals surface area contributed by atoms with Gasteiger partial charge in [0.1, 0.15) is 0 Å². The van der Waals surface area contributed by atoms with E-state index in [1.54, 1.807) is 0 Å². The summed E-state index contributed by atoms with van der Waals surface area (Å²) in [6.45, 7) is 3.40. The standard InChI is InChI=1S/C6H12O2/c1-5-2-3-8-4-6(5)7/h5-7H,2-4H2,1H3/t5-,6+/m1/s1. The van der Waals surface area contributed by atoms with Gasteiger partial charge in [0.15, 0.2) is 0 Å². The molecule has 0 spiro atoms. The van der Waals surface area contributed by atoms with Gasteiger partial charge in [0, 0.05) is 6.61 Å². The summed E-state index contributed by atoms with van der Waals surface area (Å²) >= 11 is 0. The fraction of sp³-hybridized carbons (Fsp3) is 1.00. The van der Waals surface area contributed by atoms with Crippen molar-refractivity contribution in [2.45, 2.75) is 19.4 Å². The number of rotatable bonds is 0. The first-order valence-corrected chi connectivity index (χ1v) is 3.06. The van der Waals surface area contributed by atoms with Crippen LogP contribution in [0.5, 0.6) is 0 Å². The molecule has 1 aliphatic rings. The molecule has 0 unspecified atom stereocenters. The zero-order chi connectivity index (χ0) is 5.98. The second kappa shape index (κ2) is 2.46. The molecule has 2 nitrogen and oxygen atoms in total. The quantitative estimate of drug-likeness (QED) is 0.496. The summed E-state index contributed by atoms with van der Waals surface area (Å²) < 4.78 is 5.00. The highest BCUT2D eigenvalue weighted by atomic mass is 16.5. The lowest BCUT2D eigenvalue weighted by molar-refractivity contribution is -0.0380. The summed E-state index contributed by atoms with van der Waals surface area (Å²) in [5.41, 5.74) is 0. The van der Waals surface area contributed by atoms with Gasteiger partial charge in [-0.1, -0.05) is 6.92 Å². The van der Waals surface area contributed by atoms with E-state index in [9.17, 15) is 0 Å². The number of hydrogen-bond acceptors (Lipinski definition) is 2. The van der Waals surface area contributed by atoms with Crippen molar-refractivity contribution >= 4 is 0 Å². The van der Waals surface area contributed by atoms with Crippen molar-refractivity contribution < 1.29 is 9.84 Å². The largest absolute Gasteiger partial charge is 0.390 e. The number of aliphatic hydroxyl groups excluding tert-OH is 1. The third-order valence-corrected chi connectivity index (χ3v) is 1.66. The summed E-state index contributed by atoms with van der Waals surface area (Å²) in [5.74, 6) is 0.434. The second-order valence-electron chi connectivity index (χ2n) is 2.41. The zero-order valence-corrected chi connectivity index (χ0v) is 5.13. The molecule has 1 aliphatic heterocycles. The Balaban J connectivity index is 2.28. The first kappa shape index (κ1) is 6.05. The fourth-order valence-corrected chi connectivity index (χ4v) is 0.830. The molecule has 8 heavy (non-hydrogen) atoms. The van der Waals surface area contributed by atoms with Crippen molar-refractivity contribution in [1.29, 1.82) is 0 Å². The third-order valence-electron chi connectivity index (χ3n) is 1.66. The molecule has 0 aromatic rings. The first-order valence-electron chi connectivity index (χ1n) is 3.06. The van der Waals surface area contributed by atoms with Crippen LogP contribution >= 0.6 is 0 Å². The molecule has 48 valence electrons. The van der Waals surface area contributed by atoms with E-state index < -0.39 is 0 Å². The minimum Gasteiger partial charge on any atom is -0.390 e. The highest BCUT2D eigenvalue weighted by molar-refractivity contribution is 4.67. The Kier molecular flexibility index (Phi) is 1.86. The lowest BCUT2D eigenvalue weighted by Crippen LogP contribution is -2.29. The summed E-state index contributed by atoms with van der Waals surface area (Å²) in [6.07, 6.45) is 0.782. The van der Waals surface area contributed by atoms with Gasteiger partial charge in [0.2, 0.25) is 0 Å². The van der Waals surface area contributed by atoms with E-state index in [0.717, 1.165) is 13.0 Å². The van der Waals surface area contributed by atoms with Gasteiger partial charge >= 0.3 is 0 Å². The molecule has 0 saturated carbocycles. The van der Waals surface area contributed by atoms with Crippen LogP contribution in [-0.4, -0.2) is 24.4 Å². The second-order valence-corrected chi connectivity index (χ2v) is 2.41. The maximum atomic E-state index is 9.05. The maximum Gasteiger partial charge on any atom is 0.0799 e. The van der Waals surface area contributed by atoms with E-state index in [1.165, 1.54) is 0 Å². The maximum absolute atomic E-state index is 9.05. The van der Waals surface area contributed by atoms with Crippen LogP contribution in [0.3, 0.4) is 0 Å². The summed E-state index contributed by atoms with van der Waals surface area (Å²) in [5, 5.41) is 9.05. The minimum atomic E-state index is -0.219. The van der Waals surface area contributed by atoms with E-state index >= 15 is 0 Å². The van der Waals surface area contributed by atoms with Crippen LogP contribution < -0.4 is 0 Å². The monoisotopic (exact) mass is 116 g/mol. The van der Waals surface area contributed by atoms with E-state index in [4.69, 9.17) is 9.84 Å². The van der Waals surface area contributed by atoms with Gasteiger partial charge in [-0.15, -0.1) is 0 Å². The highest BCUT2D eigenvalue weighted by Crippen LogP contribution is 2.13. The lowest BCUT2D eigenvalue weighted by atomic mass is 10.0. The van der Waals surface area contributed by atoms with E-state index in [0.29, 0.717) is 12.5 Å². The predicted molar refractivity (Wildman–Crippen MR) is 30.6 cm³/mol. The Morgan fingerprint density at radius 1 is 1.62 bits per heavy atom. The van der Waals surface area contributed by atoms with Gasteiger partial charge in [-0.25, -0.2) is 0 Å². The molecule has 2 atom stereocenters. The fourth-order valence-electron chi connectivity index (χ4n) is 0.830. The molecule has 1 fully saturated rings. The molecular formula is C6H12O2. The van der Waals surface area contributed by atoms with Gasteiger partial charge in [-0.2, -0.15) is 0 Å².